The molecule has 5 nitrogen and oxygen atoms in total. The second kappa shape index (κ2) is 9.79. The fraction of sp³-hybridized carbons (Fsp3) is 0.556. The molecule has 0 fully saturated rings. The molecule has 1 aromatic rings. The number of hydrogen-bond donors (Lipinski definition) is 1. The van der Waals surface area contributed by atoms with Crippen molar-refractivity contribution in [1.29, 1.82) is 0 Å². The summed E-state index contributed by atoms with van der Waals surface area (Å²) in [5.41, 5.74) is 6.49. The van der Waals surface area contributed by atoms with E-state index in [1.807, 2.05) is 6.07 Å². The zero-order chi connectivity index (χ0) is 18.3. The van der Waals surface area contributed by atoms with Crippen LogP contribution in [0.25, 0.3) is 0 Å². The minimum atomic E-state index is -0.103. The van der Waals surface area contributed by atoms with Crippen LogP contribution in [0.3, 0.4) is 0 Å². The summed E-state index contributed by atoms with van der Waals surface area (Å²) < 4.78 is 6.02. The number of Topliss-reactive ketones (excluding diaryl/α,β-unsaturated/α-hetero) is 1. The first kappa shape index (κ1) is 20.6. The number of nitrogens with two attached hydrogens (primary N) is 1. The van der Waals surface area contributed by atoms with Gasteiger partial charge in [-0.2, -0.15) is 0 Å². The Hall–Kier alpha value is -1.40. The maximum Gasteiger partial charge on any atom is 0.222 e. The zero-order valence-electron chi connectivity index (χ0n) is 14.8. The van der Waals surface area contributed by atoms with Crippen LogP contribution in [-0.4, -0.2) is 43.3 Å². The van der Waals surface area contributed by atoms with Gasteiger partial charge in [-0.3, -0.25) is 9.59 Å². The van der Waals surface area contributed by atoms with Crippen LogP contribution in [0.15, 0.2) is 22.7 Å². The van der Waals surface area contributed by atoms with E-state index in [1.54, 1.807) is 24.1 Å². The van der Waals surface area contributed by atoms with Crippen LogP contribution in [0, 0.1) is 5.92 Å². The van der Waals surface area contributed by atoms with Gasteiger partial charge >= 0.3 is 0 Å². The van der Waals surface area contributed by atoms with Crippen LogP contribution in [0.1, 0.15) is 43.5 Å². The standard InChI is InChI=1S/C18H27BrN2O3/c1-12(2)15(20)9-10-21(3)18(23)8-6-16(22)14-11-13(19)5-7-17(14)24-4/h5,7,11-12,15H,6,8-10,20H2,1-4H3. The quantitative estimate of drug-likeness (QED) is 0.647. The second-order valence-corrected chi connectivity index (χ2v) is 7.20. The number of benzene rings is 1. The molecular weight excluding hydrogens is 372 g/mol. The highest BCUT2D eigenvalue weighted by Crippen LogP contribution is 2.24. The highest BCUT2D eigenvalue weighted by molar-refractivity contribution is 9.10. The molecule has 0 radical (unpaired) electrons. The number of amides is 1. The first-order chi connectivity index (χ1) is 11.3. The van der Waals surface area contributed by atoms with Crippen molar-refractivity contribution in [2.45, 2.75) is 39.2 Å². The molecule has 1 aromatic carbocycles. The zero-order valence-corrected chi connectivity index (χ0v) is 16.4. The van der Waals surface area contributed by atoms with Gasteiger partial charge in [0.15, 0.2) is 5.78 Å². The van der Waals surface area contributed by atoms with Gasteiger partial charge in [0.1, 0.15) is 5.75 Å². The Bertz CT molecular complexity index is 575. The molecule has 1 unspecified atom stereocenters. The summed E-state index contributed by atoms with van der Waals surface area (Å²) >= 11 is 3.35. The van der Waals surface area contributed by atoms with Gasteiger partial charge in [0.25, 0.3) is 0 Å². The highest BCUT2D eigenvalue weighted by atomic mass is 79.9. The molecule has 0 aromatic heterocycles. The van der Waals surface area contributed by atoms with Crippen molar-refractivity contribution in [3.63, 3.8) is 0 Å². The Balaban J connectivity index is 2.54. The van der Waals surface area contributed by atoms with Gasteiger partial charge in [-0.1, -0.05) is 29.8 Å². The van der Waals surface area contributed by atoms with Crippen LogP contribution in [-0.2, 0) is 4.79 Å². The molecule has 1 atom stereocenters. The van der Waals surface area contributed by atoms with Crippen molar-refractivity contribution in [3.8, 4) is 5.75 Å². The first-order valence-electron chi connectivity index (χ1n) is 8.12. The van der Waals surface area contributed by atoms with Crippen molar-refractivity contribution in [3.05, 3.63) is 28.2 Å². The molecule has 1 amide bonds. The summed E-state index contributed by atoms with van der Waals surface area (Å²) in [6.07, 6.45) is 1.10. The van der Waals surface area contributed by atoms with Crippen molar-refractivity contribution < 1.29 is 14.3 Å². The Morgan fingerprint density at radius 3 is 2.54 bits per heavy atom. The molecule has 6 heteroatoms. The van der Waals surface area contributed by atoms with Crippen LogP contribution in [0.4, 0.5) is 0 Å². The first-order valence-corrected chi connectivity index (χ1v) is 8.91. The van der Waals surface area contributed by atoms with Gasteiger partial charge in [0.05, 0.1) is 12.7 Å². The third-order valence-corrected chi connectivity index (χ3v) is 4.60. The summed E-state index contributed by atoms with van der Waals surface area (Å²) in [6, 6.07) is 5.34. The highest BCUT2D eigenvalue weighted by Gasteiger charge is 2.17. The average molecular weight is 399 g/mol. The fourth-order valence-electron chi connectivity index (χ4n) is 2.24. The van der Waals surface area contributed by atoms with E-state index in [2.05, 4.69) is 29.8 Å². The van der Waals surface area contributed by atoms with Gasteiger partial charge in [-0.25, -0.2) is 0 Å². The minimum absolute atomic E-state index is 0.0479. The van der Waals surface area contributed by atoms with E-state index in [-0.39, 0.29) is 30.6 Å². The van der Waals surface area contributed by atoms with Gasteiger partial charge in [-0.15, -0.1) is 0 Å². The van der Waals surface area contributed by atoms with E-state index in [4.69, 9.17) is 10.5 Å². The fourth-order valence-corrected chi connectivity index (χ4v) is 2.61. The number of ether oxygens (including phenoxy) is 1. The summed E-state index contributed by atoms with van der Waals surface area (Å²) in [5.74, 6) is 0.757. The van der Waals surface area contributed by atoms with Crippen LogP contribution in [0.2, 0.25) is 0 Å². The molecule has 134 valence electrons. The normalized spacial score (nSPS) is 12.1. The van der Waals surface area contributed by atoms with E-state index < -0.39 is 0 Å². The minimum Gasteiger partial charge on any atom is -0.496 e. The Labute approximate surface area is 152 Å². The molecule has 0 heterocycles. The number of hydrogen-bond acceptors (Lipinski definition) is 4. The Morgan fingerprint density at radius 2 is 1.96 bits per heavy atom. The number of carbonyl (C=O) groups is 2. The van der Waals surface area contributed by atoms with Crippen molar-refractivity contribution >= 4 is 27.6 Å². The van der Waals surface area contributed by atoms with Gasteiger partial charge in [0.2, 0.25) is 5.91 Å². The molecule has 0 saturated carbocycles. The lowest BCUT2D eigenvalue weighted by Crippen LogP contribution is -2.34. The molecule has 2 N–H and O–H groups in total. The van der Waals surface area contributed by atoms with Gasteiger partial charge in [0, 0.05) is 36.9 Å². The van der Waals surface area contributed by atoms with E-state index >= 15 is 0 Å². The van der Waals surface area contributed by atoms with E-state index in [1.165, 1.54) is 7.11 Å². The lowest BCUT2D eigenvalue weighted by atomic mass is 10.0. The molecule has 0 aliphatic heterocycles. The largest absolute Gasteiger partial charge is 0.496 e. The maximum absolute atomic E-state index is 12.4. The van der Waals surface area contributed by atoms with E-state index in [0.717, 1.165) is 10.9 Å². The summed E-state index contributed by atoms with van der Waals surface area (Å²) in [5, 5.41) is 0. The Kier molecular flexibility index (Phi) is 8.42. The molecule has 0 bridgehead atoms. The molecule has 0 aliphatic carbocycles. The lowest BCUT2D eigenvalue weighted by Gasteiger charge is -2.21. The summed E-state index contributed by atoms with van der Waals surface area (Å²) in [6.45, 7) is 4.74. The molecule has 0 aliphatic rings. The predicted octanol–water partition coefficient (Wildman–Crippen LogP) is 3.25. The van der Waals surface area contributed by atoms with Crippen molar-refractivity contribution in [2.24, 2.45) is 11.7 Å². The topological polar surface area (TPSA) is 72.6 Å². The Morgan fingerprint density at radius 1 is 1.29 bits per heavy atom. The predicted molar refractivity (Wildman–Crippen MR) is 99.3 cm³/mol. The molecular formula is C18H27BrN2O3. The number of ketones is 1. The maximum atomic E-state index is 12.4. The molecule has 1 rings (SSSR count). The van der Waals surface area contributed by atoms with Gasteiger partial charge < -0.3 is 15.4 Å². The molecule has 0 spiro atoms. The number of carbonyl (C=O) groups excluding carboxylic acids is 2. The number of halogens is 1. The lowest BCUT2D eigenvalue weighted by molar-refractivity contribution is -0.129. The molecule has 24 heavy (non-hydrogen) atoms. The third kappa shape index (κ3) is 6.24. The van der Waals surface area contributed by atoms with E-state index in [0.29, 0.717) is 23.8 Å². The van der Waals surface area contributed by atoms with E-state index in [9.17, 15) is 9.59 Å². The van der Waals surface area contributed by atoms with Crippen molar-refractivity contribution in [2.75, 3.05) is 20.7 Å². The SMILES string of the molecule is COc1ccc(Br)cc1C(=O)CCC(=O)N(C)CCC(N)C(C)C. The number of nitrogens with zero attached hydrogens (tertiary/aromatic N) is 1. The smallest absolute Gasteiger partial charge is 0.222 e. The monoisotopic (exact) mass is 398 g/mol. The van der Waals surface area contributed by atoms with Crippen LogP contribution < -0.4 is 10.5 Å². The van der Waals surface area contributed by atoms with Gasteiger partial charge in [-0.05, 0) is 30.5 Å². The average Bonchev–Trinajstić information content (AvgIpc) is 2.56. The van der Waals surface area contributed by atoms with Crippen molar-refractivity contribution in [1.82, 2.24) is 4.90 Å². The third-order valence-electron chi connectivity index (χ3n) is 4.11. The summed E-state index contributed by atoms with van der Waals surface area (Å²) in [7, 11) is 3.27. The molecule has 0 saturated heterocycles. The number of methoxy groups -OCH3 is 1. The van der Waals surface area contributed by atoms with Crippen LogP contribution in [0.5, 0.6) is 5.75 Å². The number of rotatable bonds is 9. The van der Waals surface area contributed by atoms with Crippen LogP contribution >= 0.6 is 15.9 Å². The summed E-state index contributed by atoms with van der Waals surface area (Å²) in [4.78, 5) is 26.2. The second-order valence-electron chi connectivity index (χ2n) is 6.28.